The maximum absolute atomic E-state index is 5.90. The number of aromatic nitrogens is 2. The largest absolute Gasteiger partial charge is 0.399 e. The van der Waals surface area contributed by atoms with Gasteiger partial charge >= 0.3 is 0 Å². The number of nitrogens with zero attached hydrogens (tertiary/aromatic N) is 2. The monoisotopic (exact) mass is 289 g/mol. The summed E-state index contributed by atoms with van der Waals surface area (Å²) in [4.78, 5) is 4.86. The first-order chi connectivity index (χ1) is 9.35. The van der Waals surface area contributed by atoms with Crippen LogP contribution >= 0.6 is 11.8 Å². The molecule has 0 atom stereocenters. The number of anilines is 1. The van der Waals surface area contributed by atoms with E-state index in [2.05, 4.69) is 37.7 Å². The number of fused-ring (bicyclic) bond motifs is 1. The van der Waals surface area contributed by atoms with Gasteiger partial charge in [-0.2, -0.15) is 11.8 Å². The van der Waals surface area contributed by atoms with Gasteiger partial charge in [-0.25, -0.2) is 4.98 Å². The van der Waals surface area contributed by atoms with Crippen LogP contribution in [0.3, 0.4) is 0 Å². The third-order valence-electron chi connectivity index (χ3n) is 4.13. The van der Waals surface area contributed by atoms with Crippen LogP contribution in [0.25, 0.3) is 11.0 Å². The molecule has 2 aromatic rings. The molecule has 3 nitrogen and oxygen atoms in total. The molecule has 1 aliphatic rings. The lowest BCUT2D eigenvalue weighted by molar-refractivity contribution is 0.498. The highest BCUT2D eigenvalue weighted by Gasteiger charge is 2.43. The van der Waals surface area contributed by atoms with Crippen LogP contribution in [-0.2, 0) is 12.0 Å². The molecular formula is C16H23N3S. The topological polar surface area (TPSA) is 43.8 Å². The molecule has 0 radical (unpaired) electrons. The number of thioether (sulfide) groups is 1. The highest BCUT2D eigenvalue weighted by atomic mass is 32.2. The van der Waals surface area contributed by atoms with Gasteiger partial charge in [0.1, 0.15) is 5.82 Å². The SMILES string of the molecule is CSC1(Cn2c(C(C)(C)C)nc3cc(N)ccc32)CC1. The number of hydrogen-bond donors (Lipinski definition) is 1. The summed E-state index contributed by atoms with van der Waals surface area (Å²) >= 11 is 1.99. The van der Waals surface area contributed by atoms with Crippen LogP contribution in [-0.4, -0.2) is 20.6 Å². The lowest BCUT2D eigenvalue weighted by Gasteiger charge is -2.23. The van der Waals surface area contributed by atoms with Crippen molar-refractivity contribution >= 4 is 28.5 Å². The van der Waals surface area contributed by atoms with E-state index in [0.717, 1.165) is 17.7 Å². The van der Waals surface area contributed by atoms with Crippen molar-refractivity contribution in [2.24, 2.45) is 0 Å². The molecule has 0 bridgehead atoms. The van der Waals surface area contributed by atoms with E-state index in [-0.39, 0.29) is 5.41 Å². The van der Waals surface area contributed by atoms with E-state index < -0.39 is 0 Å². The first-order valence-corrected chi connectivity index (χ1v) is 8.39. The summed E-state index contributed by atoms with van der Waals surface area (Å²) in [5.41, 5.74) is 8.97. The minimum absolute atomic E-state index is 0.0439. The minimum atomic E-state index is 0.0439. The second kappa shape index (κ2) is 4.42. The number of benzene rings is 1. The fourth-order valence-corrected chi connectivity index (χ4v) is 3.50. The van der Waals surface area contributed by atoms with Crippen molar-refractivity contribution in [3.63, 3.8) is 0 Å². The summed E-state index contributed by atoms with van der Waals surface area (Å²) in [7, 11) is 0. The van der Waals surface area contributed by atoms with E-state index in [0.29, 0.717) is 4.75 Å². The van der Waals surface area contributed by atoms with Gasteiger partial charge in [-0.05, 0) is 37.3 Å². The molecule has 1 aromatic heterocycles. The Labute approximate surface area is 124 Å². The average Bonchev–Trinajstić information content (AvgIpc) is 3.04. The van der Waals surface area contributed by atoms with E-state index in [1.807, 2.05) is 23.9 Å². The van der Waals surface area contributed by atoms with Gasteiger partial charge in [-0.15, -0.1) is 0 Å². The Bertz CT molecular complexity index is 648. The molecule has 4 heteroatoms. The molecule has 0 spiro atoms. The molecule has 1 heterocycles. The highest BCUT2D eigenvalue weighted by molar-refractivity contribution is 8.00. The van der Waals surface area contributed by atoms with E-state index >= 15 is 0 Å². The average molecular weight is 289 g/mol. The molecule has 0 aliphatic heterocycles. The number of hydrogen-bond acceptors (Lipinski definition) is 3. The zero-order valence-electron chi connectivity index (χ0n) is 12.7. The molecule has 1 saturated carbocycles. The molecule has 108 valence electrons. The van der Waals surface area contributed by atoms with Gasteiger partial charge in [0.25, 0.3) is 0 Å². The molecular weight excluding hydrogens is 266 g/mol. The number of rotatable bonds is 3. The number of nitrogens with two attached hydrogens (primary N) is 1. The molecule has 3 rings (SSSR count). The second-order valence-electron chi connectivity index (χ2n) is 6.91. The van der Waals surface area contributed by atoms with Crippen molar-refractivity contribution in [1.82, 2.24) is 9.55 Å². The van der Waals surface area contributed by atoms with Gasteiger partial charge in [0.05, 0.1) is 11.0 Å². The third-order valence-corrected chi connectivity index (χ3v) is 5.53. The summed E-state index contributed by atoms with van der Waals surface area (Å²) in [5.74, 6) is 1.17. The Balaban J connectivity index is 2.16. The van der Waals surface area contributed by atoms with Crippen LogP contribution in [0.5, 0.6) is 0 Å². The molecule has 1 fully saturated rings. The van der Waals surface area contributed by atoms with Gasteiger partial charge in [-0.3, -0.25) is 0 Å². The van der Waals surface area contributed by atoms with Gasteiger partial charge < -0.3 is 10.3 Å². The van der Waals surface area contributed by atoms with E-state index in [1.54, 1.807) is 0 Å². The summed E-state index contributed by atoms with van der Waals surface area (Å²) in [6, 6.07) is 6.08. The maximum atomic E-state index is 5.90. The molecule has 0 unspecified atom stereocenters. The van der Waals surface area contributed by atoms with Gasteiger partial charge in [0.15, 0.2) is 0 Å². The van der Waals surface area contributed by atoms with Crippen molar-refractivity contribution in [1.29, 1.82) is 0 Å². The fraction of sp³-hybridized carbons (Fsp3) is 0.562. The van der Waals surface area contributed by atoms with Gasteiger partial charge in [0.2, 0.25) is 0 Å². The summed E-state index contributed by atoms with van der Waals surface area (Å²) in [5, 5.41) is 0. The van der Waals surface area contributed by atoms with Crippen molar-refractivity contribution in [3.8, 4) is 0 Å². The second-order valence-corrected chi connectivity index (χ2v) is 8.18. The Hall–Kier alpha value is -1.16. The molecule has 2 N–H and O–H groups in total. The smallest absolute Gasteiger partial charge is 0.115 e. The fourth-order valence-electron chi connectivity index (χ4n) is 2.73. The Morgan fingerprint density at radius 1 is 1.35 bits per heavy atom. The Morgan fingerprint density at radius 2 is 2.05 bits per heavy atom. The van der Waals surface area contributed by atoms with Crippen LogP contribution in [0, 0.1) is 0 Å². The predicted molar refractivity (Wildman–Crippen MR) is 88.3 cm³/mol. The normalized spacial score (nSPS) is 17.6. The Kier molecular flexibility index (Phi) is 3.05. The summed E-state index contributed by atoms with van der Waals surface area (Å²) in [6.07, 6.45) is 4.85. The first kappa shape index (κ1) is 13.8. The van der Waals surface area contributed by atoms with Crippen LogP contribution < -0.4 is 5.73 Å². The molecule has 1 aromatic carbocycles. The van der Waals surface area contributed by atoms with Gasteiger partial charge in [0, 0.05) is 22.4 Å². The number of nitrogen functional groups attached to an aromatic ring is 1. The highest BCUT2D eigenvalue weighted by Crippen LogP contribution is 2.49. The number of imidazole rings is 1. The van der Waals surface area contributed by atoms with Crippen molar-refractivity contribution < 1.29 is 0 Å². The van der Waals surface area contributed by atoms with Crippen molar-refractivity contribution in [2.45, 2.75) is 50.3 Å². The minimum Gasteiger partial charge on any atom is -0.399 e. The van der Waals surface area contributed by atoms with Crippen LogP contribution in [0.1, 0.15) is 39.4 Å². The third kappa shape index (κ3) is 2.30. The maximum Gasteiger partial charge on any atom is 0.115 e. The van der Waals surface area contributed by atoms with E-state index in [4.69, 9.17) is 10.7 Å². The standard InChI is InChI=1S/C16H23N3S/c1-15(2,3)14-18-12-9-11(17)5-6-13(12)19(14)10-16(20-4)7-8-16/h5-6,9H,7-8,10,17H2,1-4H3. The lowest BCUT2D eigenvalue weighted by Crippen LogP contribution is -2.23. The zero-order valence-corrected chi connectivity index (χ0v) is 13.5. The van der Waals surface area contributed by atoms with Crippen molar-refractivity contribution in [3.05, 3.63) is 24.0 Å². The molecule has 1 aliphatic carbocycles. The van der Waals surface area contributed by atoms with E-state index in [9.17, 15) is 0 Å². The summed E-state index contributed by atoms with van der Waals surface area (Å²) < 4.78 is 2.84. The summed E-state index contributed by atoms with van der Waals surface area (Å²) in [6.45, 7) is 7.74. The van der Waals surface area contributed by atoms with Crippen LogP contribution in [0.15, 0.2) is 18.2 Å². The molecule has 0 saturated heterocycles. The quantitative estimate of drug-likeness (QED) is 0.874. The van der Waals surface area contributed by atoms with Gasteiger partial charge in [-0.1, -0.05) is 20.8 Å². The molecule has 20 heavy (non-hydrogen) atoms. The molecule has 0 amide bonds. The van der Waals surface area contributed by atoms with E-state index in [1.165, 1.54) is 24.2 Å². The van der Waals surface area contributed by atoms with Crippen LogP contribution in [0.4, 0.5) is 5.69 Å². The van der Waals surface area contributed by atoms with Crippen molar-refractivity contribution in [2.75, 3.05) is 12.0 Å². The van der Waals surface area contributed by atoms with Crippen LogP contribution in [0.2, 0.25) is 0 Å². The zero-order chi connectivity index (χ0) is 14.5. The lowest BCUT2D eigenvalue weighted by atomic mass is 9.95. The first-order valence-electron chi connectivity index (χ1n) is 7.16. The predicted octanol–water partition coefficient (Wildman–Crippen LogP) is 3.81. The Morgan fingerprint density at radius 3 is 2.60 bits per heavy atom.